The fourth-order valence-corrected chi connectivity index (χ4v) is 3.78. The van der Waals surface area contributed by atoms with E-state index in [1.165, 1.54) is 12.0 Å². The Hall–Kier alpha value is -4.06. The Balaban J connectivity index is 1.99. The summed E-state index contributed by atoms with van der Waals surface area (Å²) in [4.78, 5) is 27.6. The fourth-order valence-electron chi connectivity index (χ4n) is 3.78. The SMILES string of the molecule is COc1ccc([C@H]2/C(=C(\O)c3ccccc3)C(=O)C(=O)N2c2ccccc2)c(OC)c1. The number of carbonyl (C=O) groups excluding carboxylic acids is 2. The molecule has 1 aliphatic rings. The van der Waals surface area contributed by atoms with E-state index in [-0.39, 0.29) is 11.3 Å². The molecule has 1 heterocycles. The van der Waals surface area contributed by atoms with E-state index in [2.05, 4.69) is 0 Å². The van der Waals surface area contributed by atoms with E-state index in [1.54, 1.807) is 73.8 Å². The number of amides is 1. The summed E-state index contributed by atoms with van der Waals surface area (Å²) >= 11 is 0. The summed E-state index contributed by atoms with van der Waals surface area (Å²) in [6, 6.07) is 21.9. The molecule has 1 atom stereocenters. The Morgan fingerprint density at radius 3 is 2.13 bits per heavy atom. The van der Waals surface area contributed by atoms with Gasteiger partial charge < -0.3 is 14.6 Å². The van der Waals surface area contributed by atoms with E-state index < -0.39 is 17.7 Å². The van der Waals surface area contributed by atoms with Crippen molar-refractivity contribution in [2.75, 3.05) is 19.1 Å². The van der Waals surface area contributed by atoms with Gasteiger partial charge in [-0.3, -0.25) is 14.5 Å². The number of hydrogen-bond donors (Lipinski definition) is 1. The van der Waals surface area contributed by atoms with Crippen molar-refractivity contribution in [3.63, 3.8) is 0 Å². The summed E-state index contributed by atoms with van der Waals surface area (Å²) in [6.07, 6.45) is 0. The molecule has 3 aromatic rings. The molecule has 6 nitrogen and oxygen atoms in total. The van der Waals surface area contributed by atoms with Crippen molar-refractivity contribution in [1.82, 2.24) is 0 Å². The van der Waals surface area contributed by atoms with Crippen LogP contribution in [-0.4, -0.2) is 31.0 Å². The first-order valence-electron chi connectivity index (χ1n) is 9.70. The van der Waals surface area contributed by atoms with Gasteiger partial charge in [0.2, 0.25) is 0 Å². The maximum Gasteiger partial charge on any atom is 0.300 e. The third kappa shape index (κ3) is 3.53. The van der Waals surface area contributed by atoms with Crippen LogP contribution in [0.25, 0.3) is 5.76 Å². The van der Waals surface area contributed by atoms with Gasteiger partial charge in [-0.15, -0.1) is 0 Å². The molecule has 0 saturated carbocycles. The third-order valence-corrected chi connectivity index (χ3v) is 5.26. The minimum absolute atomic E-state index is 0.00326. The first kappa shape index (κ1) is 20.2. The van der Waals surface area contributed by atoms with Crippen molar-refractivity contribution in [3.05, 3.63) is 95.6 Å². The van der Waals surface area contributed by atoms with Gasteiger partial charge in [0.05, 0.1) is 25.8 Å². The van der Waals surface area contributed by atoms with Gasteiger partial charge in [0, 0.05) is 22.9 Å². The lowest BCUT2D eigenvalue weighted by Gasteiger charge is -2.26. The van der Waals surface area contributed by atoms with Crippen LogP contribution in [0.3, 0.4) is 0 Å². The lowest BCUT2D eigenvalue weighted by molar-refractivity contribution is -0.132. The van der Waals surface area contributed by atoms with Crippen molar-refractivity contribution in [3.8, 4) is 11.5 Å². The van der Waals surface area contributed by atoms with Crippen LogP contribution in [0.2, 0.25) is 0 Å². The van der Waals surface area contributed by atoms with Gasteiger partial charge in [-0.1, -0.05) is 48.5 Å². The number of rotatable bonds is 5. The van der Waals surface area contributed by atoms with Crippen LogP contribution < -0.4 is 14.4 Å². The number of para-hydroxylation sites is 1. The van der Waals surface area contributed by atoms with Gasteiger partial charge in [0.15, 0.2) is 0 Å². The molecule has 1 N–H and O–H groups in total. The lowest BCUT2D eigenvalue weighted by Crippen LogP contribution is -2.29. The highest BCUT2D eigenvalue weighted by molar-refractivity contribution is 6.51. The number of anilines is 1. The summed E-state index contributed by atoms with van der Waals surface area (Å²) < 4.78 is 10.8. The Morgan fingerprint density at radius 1 is 0.871 bits per heavy atom. The second-order valence-corrected chi connectivity index (χ2v) is 6.98. The number of aliphatic hydroxyl groups excluding tert-OH is 1. The molecule has 4 rings (SSSR count). The molecule has 1 saturated heterocycles. The van der Waals surface area contributed by atoms with Crippen molar-refractivity contribution in [1.29, 1.82) is 0 Å². The predicted octanol–water partition coefficient (Wildman–Crippen LogP) is 4.33. The zero-order valence-electron chi connectivity index (χ0n) is 17.1. The van der Waals surface area contributed by atoms with E-state index in [0.29, 0.717) is 28.3 Å². The van der Waals surface area contributed by atoms with Crippen LogP contribution in [0, 0.1) is 0 Å². The van der Waals surface area contributed by atoms with Crippen LogP contribution in [-0.2, 0) is 9.59 Å². The molecule has 1 aliphatic heterocycles. The molecular formula is C25H21NO5. The summed E-state index contributed by atoms with van der Waals surface area (Å²) in [5.74, 6) is -0.702. The molecule has 0 aromatic heterocycles. The monoisotopic (exact) mass is 415 g/mol. The van der Waals surface area contributed by atoms with Gasteiger partial charge in [-0.25, -0.2) is 0 Å². The molecule has 3 aromatic carbocycles. The third-order valence-electron chi connectivity index (χ3n) is 5.26. The molecule has 0 unspecified atom stereocenters. The van der Waals surface area contributed by atoms with Crippen LogP contribution in [0.15, 0.2) is 84.4 Å². The molecule has 31 heavy (non-hydrogen) atoms. The van der Waals surface area contributed by atoms with Crippen molar-refractivity contribution in [2.24, 2.45) is 0 Å². The number of methoxy groups -OCH3 is 2. The molecule has 1 fully saturated rings. The number of ether oxygens (including phenoxy) is 2. The fraction of sp³-hybridized carbons (Fsp3) is 0.120. The minimum Gasteiger partial charge on any atom is -0.507 e. The number of hydrogen-bond acceptors (Lipinski definition) is 5. The van der Waals surface area contributed by atoms with Crippen molar-refractivity contribution < 1.29 is 24.2 Å². The number of carbonyl (C=O) groups is 2. The molecule has 156 valence electrons. The van der Waals surface area contributed by atoms with Gasteiger partial charge in [-0.05, 0) is 24.3 Å². The summed E-state index contributed by atoms with van der Waals surface area (Å²) in [7, 11) is 3.05. The highest BCUT2D eigenvalue weighted by Gasteiger charge is 2.47. The van der Waals surface area contributed by atoms with Crippen LogP contribution in [0.5, 0.6) is 11.5 Å². The molecule has 0 radical (unpaired) electrons. The average Bonchev–Trinajstić information content (AvgIpc) is 3.09. The molecule has 0 aliphatic carbocycles. The van der Waals surface area contributed by atoms with Gasteiger partial charge in [-0.2, -0.15) is 0 Å². The predicted molar refractivity (Wildman–Crippen MR) is 117 cm³/mol. The van der Waals surface area contributed by atoms with E-state index in [4.69, 9.17) is 9.47 Å². The van der Waals surface area contributed by atoms with E-state index in [0.717, 1.165) is 0 Å². The molecule has 6 heteroatoms. The van der Waals surface area contributed by atoms with Gasteiger partial charge >= 0.3 is 0 Å². The van der Waals surface area contributed by atoms with Crippen LogP contribution in [0.4, 0.5) is 5.69 Å². The smallest absolute Gasteiger partial charge is 0.300 e. The van der Waals surface area contributed by atoms with Crippen LogP contribution >= 0.6 is 0 Å². The number of ketones is 1. The summed E-state index contributed by atoms with van der Waals surface area (Å²) in [5.41, 5.74) is 1.55. The van der Waals surface area contributed by atoms with E-state index in [9.17, 15) is 14.7 Å². The largest absolute Gasteiger partial charge is 0.507 e. The molecule has 0 bridgehead atoms. The molecule has 1 amide bonds. The second-order valence-electron chi connectivity index (χ2n) is 6.98. The Labute approximate surface area is 180 Å². The lowest BCUT2D eigenvalue weighted by atomic mass is 9.94. The zero-order valence-corrected chi connectivity index (χ0v) is 17.1. The second kappa shape index (κ2) is 8.36. The quantitative estimate of drug-likeness (QED) is 0.381. The highest BCUT2D eigenvalue weighted by Crippen LogP contribution is 2.45. The number of Topliss-reactive ketones (excluding diaryl/α,β-unsaturated/α-hetero) is 1. The van der Waals surface area contributed by atoms with Crippen molar-refractivity contribution >= 4 is 23.1 Å². The summed E-state index contributed by atoms with van der Waals surface area (Å²) in [5, 5.41) is 11.1. The van der Waals surface area contributed by atoms with Gasteiger partial charge in [0.1, 0.15) is 17.3 Å². The number of nitrogens with zero attached hydrogens (tertiary/aromatic N) is 1. The standard InChI is InChI=1S/C25H21NO5/c1-30-18-13-14-19(20(15-18)31-2)22-21(23(27)16-9-5-3-6-10-16)24(28)25(29)26(22)17-11-7-4-8-12-17/h3-15,22,27H,1-2H3/b23-21+/t22-/m0/s1. The minimum atomic E-state index is -0.872. The Bertz CT molecular complexity index is 1160. The Kier molecular flexibility index (Phi) is 5.45. The topological polar surface area (TPSA) is 76.1 Å². The first-order valence-corrected chi connectivity index (χ1v) is 9.70. The van der Waals surface area contributed by atoms with Crippen LogP contribution in [0.1, 0.15) is 17.2 Å². The molecule has 0 spiro atoms. The first-order chi connectivity index (χ1) is 15.1. The normalized spacial score (nSPS) is 17.6. The maximum atomic E-state index is 13.1. The Morgan fingerprint density at radius 2 is 1.52 bits per heavy atom. The van der Waals surface area contributed by atoms with E-state index >= 15 is 0 Å². The van der Waals surface area contributed by atoms with Gasteiger partial charge in [0.25, 0.3) is 11.7 Å². The van der Waals surface area contributed by atoms with Crippen molar-refractivity contribution in [2.45, 2.75) is 6.04 Å². The van der Waals surface area contributed by atoms with E-state index in [1.807, 2.05) is 12.1 Å². The average molecular weight is 415 g/mol. The number of aliphatic hydroxyl groups is 1. The molecular weight excluding hydrogens is 394 g/mol. The zero-order chi connectivity index (χ0) is 22.0. The highest BCUT2D eigenvalue weighted by atomic mass is 16.5. The number of benzene rings is 3. The maximum absolute atomic E-state index is 13.1. The summed E-state index contributed by atoms with van der Waals surface area (Å²) in [6.45, 7) is 0.